The third-order valence-corrected chi connectivity index (χ3v) is 5.84. The molecule has 0 spiro atoms. The molecule has 2 aromatic heterocycles. The first kappa shape index (κ1) is 22.9. The van der Waals surface area contributed by atoms with Crippen molar-refractivity contribution in [3.05, 3.63) is 39.5 Å². The summed E-state index contributed by atoms with van der Waals surface area (Å²) in [6, 6.07) is 4.69. The van der Waals surface area contributed by atoms with Gasteiger partial charge in [0, 0.05) is 36.8 Å². The number of aliphatic imine (C=N–C) groups is 1. The van der Waals surface area contributed by atoms with E-state index in [1.807, 2.05) is 13.1 Å². The highest BCUT2D eigenvalue weighted by atomic mass is 127. The predicted molar refractivity (Wildman–Crippen MR) is 129 cm³/mol. The zero-order chi connectivity index (χ0) is 19.2. The van der Waals surface area contributed by atoms with Gasteiger partial charge in [-0.1, -0.05) is 6.07 Å². The summed E-state index contributed by atoms with van der Waals surface area (Å²) in [6.45, 7) is 11.8. The number of aryl methyl sites for hydroxylation is 3. The number of rotatable bonds is 5. The van der Waals surface area contributed by atoms with Gasteiger partial charge in [0.25, 0.3) is 0 Å². The fraction of sp³-hybridized carbons (Fsp3) is 0.550. The number of hydrogen-bond acceptors (Lipinski definition) is 5. The minimum absolute atomic E-state index is 0. The Morgan fingerprint density at radius 2 is 2.00 bits per heavy atom. The van der Waals surface area contributed by atoms with Crippen LogP contribution in [0.25, 0.3) is 0 Å². The lowest BCUT2D eigenvalue weighted by Gasteiger charge is -2.33. The van der Waals surface area contributed by atoms with Gasteiger partial charge in [0.05, 0.1) is 17.2 Å². The number of piperidine rings is 1. The molecule has 0 unspecified atom stereocenters. The van der Waals surface area contributed by atoms with Crippen molar-refractivity contribution in [2.75, 3.05) is 24.5 Å². The van der Waals surface area contributed by atoms with Crippen molar-refractivity contribution < 1.29 is 0 Å². The molecule has 6 nitrogen and oxygen atoms in total. The smallest absolute Gasteiger partial charge is 0.191 e. The van der Waals surface area contributed by atoms with Crippen molar-refractivity contribution in [2.45, 2.75) is 53.1 Å². The van der Waals surface area contributed by atoms with Crippen LogP contribution in [0.15, 0.2) is 23.3 Å². The molecule has 3 heterocycles. The maximum atomic E-state index is 4.78. The average Bonchev–Trinajstić information content (AvgIpc) is 2.98. The molecule has 3 rings (SSSR count). The molecule has 154 valence electrons. The lowest BCUT2D eigenvalue weighted by Crippen LogP contribution is -2.48. The average molecular weight is 514 g/mol. The zero-order valence-electron chi connectivity index (χ0n) is 17.2. The summed E-state index contributed by atoms with van der Waals surface area (Å²) in [6.07, 6.45) is 4.11. The van der Waals surface area contributed by atoms with Crippen LogP contribution in [-0.2, 0) is 6.54 Å². The fourth-order valence-electron chi connectivity index (χ4n) is 3.28. The molecule has 8 heteroatoms. The molecule has 2 N–H and O–H groups in total. The highest BCUT2D eigenvalue weighted by Gasteiger charge is 2.21. The quantitative estimate of drug-likeness (QED) is 0.361. The molecule has 0 atom stereocenters. The van der Waals surface area contributed by atoms with Crippen LogP contribution < -0.4 is 15.5 Å². The summed E-state index contributed by atoms with van der Waals surface area (Å²) >= 11 is 1.73. The minimum Gasteiger partial charge on any atom is -0.357 e. The molecule has 0 amide bonds. The first-order chi connectivity index (χ1) is 13.0. The highest BCUT2D eigenvalue weighted by molar-refractivity contribution is 14.0. The van der Waals surface area contributed by atoms with Crippen LogP contribution in [0.3, 0.4) is 0 Å². The Morgan fingerprint density at radius 3 is 2.57 bits per heavy atom. The van der Waals surface area contributed by atoms with Crippen LogP contribution >= 0.6 is 35.3 Å². The highest BCUT2D eigenvalue weighted by Crippen LogP contribution is 2.19. The first-order valence-corrected chi connectivity index (χ1v) is 10.5. The van der Waals surface area contributed by atoms with Crippen LogP contribution in [0.1, 0.15) is 40.9 Å². The molecule has 1 aliphatic rings. The van der Waals surface area contributed by atoms with E-state index in [9.17, 15) is 0 Å². The molecule has 28 heavy (non-hydrogen) atoms. The van der Waals surface area contributed by atoms with Crippen LogP contribution in [0.5, 0.6) is 0 Å². The van der Waals surface area contributed by atoms with Gasteiger partial charge in [-0.3, -0.25) is 0 Å². The van der Waals surface area contributed by atoms with Crippen molar-refractivity contribution in [1.29, 1.82) is 0 Å². The summed E-state index contributed by atoms with van der Waals surface area (Å²) in [5.74, 6) is 1.98. The van der Waals surface area contributed by atoms with Crippen LogP contribution in [0.4, 0.5) is 5.82 Å². The molecule has 1 aliphatic heterocycles. The summed E-state index contributed by atoms with van der Waals surface area (Å²) in [4.78, 5) is 17.4. The molecule has 0 saturated carbocycles. The standard InChI is InChI=1S/C20H30N6S.HI/c1-5-21-20(23-13-18-15(3)24-16(4)27-18)25-17-8-10-26(11-9-17)19-7-6-14(2)12-22-19;/h6-7,12,17H,5,8-11,13H2,1-4H3,(H2,21,23,25);1H. The van der Waals surface area contributed by atoms with Crippen molar-refractivity contribution in [3.63, 3.8) is 0 Å². The Labute approximate surface area is 189 Å². The Hall–Kier alpha value is -1.42. The lowest BCUT2D eigenvalue weighted by molar-refractivity contribution is 0.459. The first-order valence-electron chi connectivity index (χ1n) is 9.70. The van der Waals surface area contributed by atoms with Gasteiger partial charge in [0.2, 0.25) is 0 Å². The molecule has 0 aliphatic carbocycles. The molecular formula is C20H31IN6S. The molecule has 0 aromatic carbocycles. The summed E-state index contributed by atoms with van der Waals surface area (Å²) in [7, 11) is 0. The van der Waals surface area contributed by atoms with Crippen molar-refractivity contribution >= 4 is 47.1 Å². The second-order valence-electron chi connectivity index (χ2n) is 7.04. The van der Waals surface area contributed by atoms with Crippen LogP contribution in [0.2, 0.25) is 0 Å². The van der Waals surface area contributed by atoms with Gasteiger partial charge >= 0.3 is 0 Å². The Bertz CT molecular complexity index is 766. The minimum atomic E-state index is 0. The van der Waals surface area contributed by atoms with E-state index in [-0.39, 0.29) is 24.0 Å². The van der Waals surface area contributed by atoms with Gasteiger partial charge in [-0.05, 0) is 52.2 Å². The number of thiazole rings is 1. The fourth-order valence-corrected chi connectivity index (χ4v) is 4.15. The van der Waals surface area contributed by atoms with Gasteiger partial charge in [-0.25, -0.2) is 15.0 Å². The number of pyridine rings is 1. The Balaban J connectivity index is 0.00000280. The topological polar surface area (TPSA) is 65.4 Å². The normalized spacial score (nSPS) is 15.3. The van der Waals surface area contributed by atoms with E-state index in [0.29, 0.717) is 12.6 Å². The van der Waals surface area contributed by atoms with E-state index in [0.717, 1.165) is 55.0 Å². The number of aromatic nitrogens is 2. The number of nitrogens with zero attached hydrogens (tertiary/aromatic N) is 4. The van der Waals surface area contributed by atoms with Gasteiger partial charge in [0.1, 0.15) is 5.82 Å². The molecule has 0 radical (unpaired) electrons. The molecule has 2 aromatic rings. The monoisotopic (exact) mass is 514 g/mol. The Kier molecular flexibility index (Phi) is 8.94. The van der Waals surface area contributed by atoms with E-state index >= 15 is 0 Å². The van der Waals surface area contributed by atoms with Gasteiger partial charge < -0.3 is 15.5 Å². The number of halogens is 1. The van der Waals surface area contributed by atoms with Gasteiger partial charge in [-0.2, -0.15) is 0 Å². The number of guanidine groups is 1. The molecular weight excluding hydrogens is 483 g/mol. The van der Waals surface area contributed by atoms with Crippen molar-refractivity contribution in [1.82, 2.24) is 20.6 Å². The lowest BCUT2D eigenvalue weighted by atomic mass is 10.1. The van der Waals surface area contributed by atoms with E-state index in [1.165, 1.54) is 10.4 Å². The molecule has 0 bridgehead atoms. The maximum Gasteiger partial charge on any atom is 0.191 e. The SMILES string of the molecule is CCNC(=NCc1sc(C)nc1C)NC1CCN(c2ccc(C)cn2)CC1.I. The van der Waals surface area contributed by atoms with Crippen LogP contribution in [-0.4, -0.2) is 41.6 Å². The number of nitrogens with one attached hydrogen (secondary N) is 2. The Morgan fingerprint density at radius 1 is 1.25 bits per heavy atom. The zero-order valence-corrected chi connectivity index (χ0v) is 20.3. The van der Waals surface area contributed by atoms with E-state index in [1.54, 1.807) is 11.3 Å². The van der Waals surface area contributed by atoms with E-state index < -0.39 is 0 Å². The second-order valence-corrected chi connectivity index (χ2v) is 8.32. The number of anilines is 1. The second kappa shape index (κ2) is 10.9. The summed E-state index contributed by atoms with van der Waals surface area (Å²) in [5, 5.41) is 8.09. The van der Waals surface area contributed by atoms with Crippen molar-refractivity contribution in [3.8, 4) is 0 Å². The summed E-state index contributed by atoms with van der Waals surface area (Å²) < 4.78 is 0. The molecule has 1 fully saturated rings. The summed E-state index contributed by atoms with van der Waals surface area (Å²) in [5.41, 5.74) is 2.30. The largest absolute Gasteiger partial charge is 0.357 e. The van der Waals surface area contributed by atoms with E-state index in [4.69, 9.17) is 4.99 Å². The van der Waals surface area contributed by atoms with Crippen molar-refractivity contribution in [2.24, 2.45) is 4.99 Å². The maximum absolute atomic E-state index is 4.78. The van der Waals surface area contributed by atoms with Gasteiger partial charge in [-0.15, -0.1) is 35.3 Å². The third-order valence-electron chi connectivity index (χ3n) is 4.78. The van der Waals surface area contributed by atoms with E-state index in [2.05, 4.69) is 58.4 Å². The molecule has 1 saturated heterocycles. The van der Waals surface area contributed by atoms with Gasteiger partial charge in [0.15, 0.2) is 5.96 Å². The van der Waals surface area contributed by atoms with Crippen LogP contribution in [0, 0.1) is 20.8 Å². The predicted octanol–water partition coefficient (Wildman–Crippen LogP) is 3.81. The third kappa shape index (κ3) is 6.30. The number of hydrogen-bond donors (Lipinski definition) is 2.